The number of carbonyl (C=O) groups excluding carboxylic acids is 1. The van der Waals surface area contributed by atoms with Gasteiger partial charge < -0.3 is 19.7 Å². The molecule has 0 aromatic heterocycles. The summed E-state index contributed by atoms with van der Waals surface area (Å²) in [6.45, 7) is 5.34. The Labute approximate surface area is 131 Å². The van der Waals surface area contributed by atoms with Gasteiger partial charge in [-0.1, -0.05) is 6.07 Å². The van der Waals surface area contributed by atoms with E-state index < -0.39 is 0 Å². The van der Waals surface area contributed by atoms with E-state index in [9.17, 15) is 4.79 Å². The SMILES string of the molecule is Cc1ccc2c(c1)OCCN2C(=O)CC1COCCN1.Cl. The fraction of sp³-hybridized carbons (Fsp3) is 0.533. The van der Waals surface area contributed by atoms with Crippen LogP contribution in [0.1, 0.15) is 12.0 Å². The van der Waals surface area contributed by atoms with Crippen LogP contribution in [0.3, 0.4) is 0 Å². The van der Waals surface area contributed by atoms with Crippen LogP contribution < -0.4 is 15.0 Å². The Hall–Kier alpha value is -1.30. The summed E-state index contributed by atoms with van der Waals surface area (Å²) in [6.07, 6.45) is 0.466. The van der Waals surface area contributed by atoms with E-state index in [2.05, 4.69) is 5.32 Å². The lowest BCUT2D eigenvalue weighted by atomic mass is 10.1. The van der Waals surface area contributed by atoms with Gasteiger partial charge in [0.1, 0.15) is 12.4 Å². The zero-order valence-corrected chi connectivity index (χ0v) is 12.9. The number of halogens is 1. The van der Waals surface area contributed by atoms with Gasteiger partial charge in [0.15, 0.2) is 0 Å². The molecular formula is C15H21ClN2O3. The minimum absolute atomic E-state index is 0. The predicted molar refractivity (Wildman–Crippen MR) is 83.5 cm³/mol. The van der Waals surface area contributed by atoms with Crippen LogP contribution in [0.5, 0.6) is 5.75 Å². The fourth-order valence-corrected chi connectivity index (χ4v) is 2.66. The molecule has 6 heteroatoms. The molecule has 2 heterocycles. The molecule has 21 heavy (non-hydrogen) atoms. The summed E-state index contributed by atoms with van der Waals surface area (Å²) in [5.41, 5.74) is 2.02. The lowest BCUT2D eigenvalue weighted by Gasteiger charge is -2.32. The number of carbonyl (C=O) groups is 1. The van der Waals surface area contributed by atoms with E-state index in [0.717, 1.165) is 30.2 Å². The highest BCUT2D eigenvalue weighted by molar-refractivity contribution is 5.95. The van der Waals surface area contributed by atoms with Crippen molar-refractivity contribution in [3.63, 3.8) is 0 Å². The van der Waals surface area contributed by atoms with Crippen molar-refractivity contribution in [3.8, 4) is 5.75 Å². The molecule has 0 aliphatic carbocycles. The van der Waals surface area contributed by atoms with Gasteiger partial charge in [-0.2, -0.15) is 0 Å². The number of benzene rings is 1. The van der Waals surface area contributed by atoms with Crippen molar-refractivity contribution in [3.05, 3.63) is 23.8 Å². The smallest absolute Gasteiger partial charge is 0.228 e. The van der Waals surface area contributed by atoms with Crippen molar-refractivity contribution in [1.82, 2.24) is 5.32 Å². The zero-order valence-electron chi connectivity index (χ0n) is 12.1. The summed E-state index contributed by atoms with van der Waals surface area (Å²) in [7, 11) is 0. The van der Waals surface area contributed by atoms with E-state index in [1.54, 1.807) is 0 Å². The first-order valence-electron chi connectivity index (χ1n) is 7.09. The normalized spacial score (nSPS) is 21.0. The maximum absolute atomic E-state index is 12.5. The Kier molecular flexibility index (Phi) is 5.45. The average molecular weight is 313 g/mol. The number of aryl methyl sites for hydroxylation is 1. The second kappa shape index (κ2) is 7.11. The lowest BCUT2D eigenvalue weighted by molar-refractivity contribution is -0.120. The number of amides is 1. The first kappa shape index (κ1) is 16.1. The highest BCUT2D eigenvalue weighted by Gasteiger charge is 2.26. The highest BCUT2D eigenvalue weighted by atomic mass is 35.5. The van der Waals surface area contributed by atoms with Gasteiger partial charge in [-0.15, -0.1) is 12.4 Å². The molecule has 0 saturated carbocycles. The molecule has 5 nitrogen and oxygen atoms in total. The Morgan fingerprint density at radius 1 is 1.43 bits per heavy atom. The van der Waals surface area contributed by atoms with Gasteiger partial charge >= 0.3 is 0 Å². The van der Waals surface area contributed by atoms with Crippen molar-refractivity contribution >= 4 is 24.0 Å². The average Bonchev–Trinajstić information content (AvgIpc) is 2.47. The molecule has 116 valence electrons. The fourth-order valence-electron chi connectivity index (χ4n) is 2.66. The Morgan fingerprint density at radius 2 is 2.29 bits per heavy atom. The number of hydrogen-bond donors (Lipinski definition) is 1. The van der Waals surface area contributed by atoms with Crippen LogP contribution in [0.2, 0.25) is 0 Å². The molecule has 1 unspecified atom stereocenters. The summed E-state index contributed by atoms with van der Waals surface area (Å²) < 4.78 is 11.0. The van der Waals surface area contributed by atoms with Gasteiger partial charge in [-0.25, -0.2) is 0 Å². The highest BCUT2D eigenvalue weighted by Crippen LogP contribution is 2.32. The van der Waals surface area contributed by atoms with Crippen molar-refractivity contribution in [2.45, 2.75) is 19.4 Å². The van der Waals surface area contributed by atoms with Crippen LogP contribution in [0.25, 0.3) is 0 Å². The second-order valence-corrected chi connectivity index (χ2v) is 5.30. The lowest BCUT2D eigenvalue weighted by Crippen LogP contribution is -2.46. The van der Waals surface area contributed by atoms with Crippen molar-refractivity contribution < 1.29 is 14.3 Å². The molecular weight excluding hydrogens is 292 g/mol. The summed E-state index contributed by atoms with van der Waals surface area (Å²) in [4.78, 5) is 14.3. The van der Waals surface area contributed by atoms with Crippen LogP contribution in [0.15, 0.2) is 18.2 Å². The maximum atomic E-state index is 12.5. The molecule has 2 aliphatic heterocycles. The number of hydrogen-bond acceptors (Lipinski definition) is 4. The number of fused-ring (bicyclic) bond motifs is 1. The van der Waals surface area contributed by atoms with E-state index in [1.807, 2.05) is 30.0 Å². The molecule has 3 rings (SSSR count). The van der Waals surface area contributed by atoms with Crippen LogP contribution in [-0.4, -0.2) is 44.9 Å². The number of nitrogens with zero attached hydrogens (tertiary/aromatic N) is 1. The van der Waals surface area contributed by atoms with Crippen LogP contribution in [0.4, 0.5) is 5.69 Å². The van der Waals surface area contributed by atoms with Crippen molar-refractivity contribution in [2.24, 2.45) is 0 Å². The third-order valence-electron chi connectivity index (χ3n) is 3.70. The molecule has 0 spiro atoms. The molecule has 1 atom stereocenters. The molecule has 1 aromatic carbocycles. The second-order valence-electron chi connectivity index (χ2n) is 5.30. The van der Waals surface area contributed by atoms with Crippen molar-refractivity contribution in [1.29, 1.82) is 0 Å². The van der Waals surface area contributed by atoms with Gasteiger partial charge in [-0.3, -0.25) is 4.79 Å². The number of nitrogens with one attached hydrogen (secondary N) is 1. The van der Waals surface area contributed by atoms with Crippen molar-refractivity contribution in [2.75, 3.05) is 37.8 Å². The summed E-state index contributed by atoms with van der Waals surface area (Å²) >= 11 is 0. The summed E-state index contributed by atoms with van der Waals surface area (Å²) in [5.74, 6) is 0.929. The predicted octanol–water partition coefficient (Wildman–Crippen LogP) is 1.52. The largest absolute Gasteiger partial charge is 0.490 e. The van der Waals surface area contributed by atoms with E-state index in [4.69, 9.17) is 9.47 Å². The van der Waals surface area contributed by atoms with Crippen LogP contribution >= 0.6 is 12.4 Å². The third-order valence-corrected chi connectivity index (χ3v) is 3.70. The van der Waals surface area contributed by atoms with Gasteiger partial charge in [0.25, 0.3) is 0 Å². The Morgan fingerprint density at radius 3 is 3.05 bits per heavy atom. The minimum atomic E-state index is 0. The quantitative estimate of drug-likeness (QED) is 0.899. The third kappa shape index (κ3) is 3.67. The topological polar surface area (TPSA) is 50.8 Å². The standard InChI is InChI=1S/C15H20N2O3.ClH/c1-11-2-3-13-14(8-11)20-7-5-17(13)15(18)9-12-10-19-6-4-16-12;/h2-3,8,12,16H,4-7,9-10H2,1H3;1H. The number of rotatable bonds is 2. The van der Waals surface area contributed by atoms with Gasteiger partial charge in [0.2, 0.25) is 5.91 Å². The van der Waals surface area contributed by atoms with E-state index in [-0.39, 0.29) is 24.4 Å². The first-order chi connectivity index (χ1) is 9.74. The monoisotopic (exact) mass is 312 g/mol. The van der Waals surface area contributed by atoms with Crippen LogP contribution in [-0.2, 0) is 9.53 Å². The summed E-state index contributed by atoms with van der Waals surface area (Å²) in [6, 6.07) is 6.08. The summed E-state index contributed by atoms with van der Waals surface area (Å²) in [5, 5.41) is 3.32. The Balaban J connectivity index is 0.00000161. The van der Waals surface area contributed by atoms with Gasteiger partial charge in [0, 0.05) is 19.0 Å². The molecule has 1 fully saturated rings. The van der Waals surface area contributed by atoms with E-state index >= 15 is 0 Å². The number of ether oxygens (including phenoxy) is 2. The van der Waals surface area contributed by atoms with Gasteiger partial charge in [0.05, 0.1) is 25.4 Å². The van der Waals surface area contributed by atoms with Gasteiger partial charge in [-0.05, 0) is 24.6 Å². The minimum Gasteiger partial charge on any atom is -0.490 e. The number of anilines is 1. The molecule has 0 bridgehead atoms. The molecule has 1 N–H and O–H groups in total. The van der Waals surface area contributed by atoms with Crippen LogP contribution in [0, 0.1) is 6.92 Å². The molecule has 2 aliphatic rings. The molecule has 1 amide bonds. The number of morpholine rings is 1. The first-order valence-corrected chi connectivity index (χ1v) is 7.09. The molecule has 0 radical (unpaired) electrons. The molecule has 1 aromatic rings. The zero-order chi connectivity index (χ0) is 13.9. The maximum Gasteiger partial charge on any atom is 0.228 e. The van der Waals surface area contributed by atoms with E-state index in [0.29, 0.717) is 26.2 Å². The van der Waals surface area contributed by atoms with E-state index in [1.165, 1.54) is 0 Å². The Bertz CT molecular complexity index is 504. The molecule has 1 saturated heterocycles.